The van der Waals surface area contributed by atoms with E-state index in [1.165, 1.54) is 24.3 Å². The van der Waals surface area contributed by atoms with Gasteiger partial charge in [-0.2, -0.15) is 13.2 Å². The normalized spacial score (nSPS) is 11.9. The minimum atomic E-state index is -4.76. The highest BCUT2D eigenvalue weighted by Crippen LogP contribution is 2.39. The monoisotopic (exact) mass is 419 g/mol. The molecule has 0 aliphatic carbocycles. The molecular formula is C16H13F3NO7P. The molecule has 0 heterocycles. The maximum atomic E-state index is 12.7. The van der Waals surface area contributed by atoms with Gasteiger partial charge < -0.3 is 14.5 Å². The summed E-state index contributed by atoms with van der Waals surface area (Å²) in [5, 5.41) is 11.0. The molecule has 150 valence electrons. The first kappa shape index (κ1) is 21.5. The molecule has 12 heteroatoms. The Kier molecular flexibility index (Phi) is 6.23. The lowest BCUT2D eigenvalue weighted by Crippen LogP contribution is -2.09. The van der Waals surface area contributed by atoms with Crippen molar-refractivity contribution in [1.82, 2.24) is 0 Å². The van der Waals surface area contributed by atoms with E-state index in [4.69, 9.17) is 14.5 Å². The van der Waals surface area contributed by atoms with Crippen molar-refractivity contribution in [3.63, 3.8) is 0 Å². The van der Waals surface area contributed by atoms with Gasteiger partial charge >= 0.3 is 19.7 Å². The van der Waals surface area contributed by atoms with Gasteiger partial charge in [0, 0.05) is 6.07 Å². The number of carbonyl (C=O) groups excluding carboxylic acids is 1. The number of nitro groups is 1. The minimum absolute atomic E-state index is 0.00373. The Bertz CT molecular complexity index is 938. The lowest BCUT2D eigenvalue weighted by molar-refractivity contribution is -0.386. The fourth-order valence-corrected chi connectivity index (χ4v) is 2.93. The van der Waals surface area contributed by atoms with Gasteiger partial charge in [0.2, 0.25) is 0 Å². The second-order valence-corrected chi connectivity index (χ2v) is 7.34. The Labute approximate surface area is 155 Å². The number of carbonyl (C=O) groups is 1. The third-order valence-corrected chi connectivity index (χ3v) is 4.32. The molecule has 2 rings (SSSR count). The van der Waals surface area contributed by atoms with Crippen LogP contribution in [0, 0.1) is 10.1 Å². The van der Waals surface area contributed by atoms with Crippen LogP contribution < -0.4 is 0 Å². The van der Waals surface area contributed by atoms with Crippen molar-refractivity contribution in [1.29, 1.82) is 0 Å². The van der Waals surface area contributed by atoms with Crippen molar-refractivity contribution in [3.8, 4) is 0 Å². The molecule has 2 aromatic rings. The van der Waals surface area contributed by atoms with E-state index >= 15 is 0 Å². The summed E-state index contributed by atoms with van der Waals surface area (Å²) in [7, 11) is -4.27. The molecule has 0 radical (unpaired) electrons. The van der Waals surface area contributed by atoms with Crippen molar-refractivity contribution < 1.29 is 42.0 Å². The summed E-state index contributed by atoms with van der Waals surface area (Å²) in [5.41, 5.74) is -1.97. The maximum Gasteiger partial charge on any atom is 0.416 e. The SMILES string of the molecule is O=C(OCc1ccc(C(F)(F)F)cc1[N+](=O)[O-])c1ccc(CP(=O)(O)O)cc1. The van der Waals surface area contributed by atoms with Gasteiger partial charge in [0.1, 0.15) is 6.61 Å². The lowest BCUT2D eigenvalue weighted by Gasteiger charge is -2.10. The third-order valence-electron chi connectivity index (χ3n) is 3.55. The number of esters is 1. The smallest absolute Gasteiger partial charge is 0.416 e. The van der Waals surface area contributed by atoms with Gasteiger partial charge in [0.05, 0.1) is 27.8 Å². The average molecular weight is 419 g/mol. The zero-order valence-corrected chi connectivity index (χ0v) is 14.8. The highest BCUT2D eigenvalue weighted by molar-refractivity contribution is 7.50. The van der Waals surface area contributed by atoms with Gasteiger partial charge in [0.25, 0.3) is 5.69 Å². The van der Waals surface area contributed by atoms with E-state index in [9.17, 15) is 32.6 Å². The molecule has 2 aromatic carbocycles. The molecule has 0 aliphatic rings. The number of hydrogen-bond donors (Lipinski definition) is 2. The number of hydrogen-bond acceptors (Lipinski definition) is 5. The topological polar surface area (TPSA) is 127 Å². The summed E-state index contributed by atoms with van der Waals surface area (Å²) < 4.78 is 53.9. The van der Waals surface area contributed by atoms with E-state index < -0.39 is 48.7 Å². The third kappa shape index (κ3) is 5.88. The molecule has 0 saturated heterocycles. The summed E-state index contributed by atoms with van der Waals surface area (Å²) >= 11 is 0. The molecule has 0 unspecified atom stereocenters. The van der Waals surface area contributed by atoms with E-state index in [0.29, 0.717) is 12.1 Å². The number of nitro benzene ring substituents is 1. The summed E-state index contributed by atoms with van der Waals surface area (Å²) in [5.74, 6) is -0.906. The lowest BCUT2D eigenvalue weighted by atomic mass is 10.1. The van der Waals surface area contributed by atoms with Crippen LogP contribution >= 0.6 is 7.60 Å². The molecule has 0 atom stereocenters. The van der Waals surface area contributed by atoms with E-state index in [2.05, 4.69) is 0 Å². The van der Waals surface area contributed by atoms with Crippen LogP contribution in [0.1, 0.15) is 27.0 Å². The summed E-state index contributed by atoms with van der Waals surface area (Å²) in [4.78, 5) is 39.8. The second-order valence-electron chi connectivity index (χ2n) is 5.69. The van der Waals surface area contributed by atoms with Crippen LogP contribution in [-0.4, -0.2) is 20.7 Å². The van der Waals surface area contributed by atoms with Crippen molar-refractivity contribution in [2.45, 2.75) is 18.9 Å². The quantitative estimate of drug-likeness (QED) is 0.317. The first-order valence-electron chi connectivity index (χ1n) is 7.52. The van der Waals surface area contributed by atoms with Crippen LogP contribution in [0.5, 0.6) is 0 Å². The van der Waals surface area contributed by atoms with Crippen molar-refractivity contribution in [3.05, 3.63) is 74.8 Å². The Morgan fingerprint density at radius 3 is 2.25 bits per heavy atom. The second kappa shape index (κ2) is 8.09. The molecule has 2 N–H and O–H groups in total. The van der Waals surface area contributed by atoms with Crippen LogP contribution in [-0.2, 0) is 28.2 Å². The molecule has 0 spiro atoms. The van der Waals surface area contributed by atoms with Crippen LogP contribution in [0.15, 0.2) is 42.5 Å². The fourth-order valence-electron chi connectivity index (χ4n) is 2.24. The van der Waals surface area contributed by atoms with Gasteiger partial charge in [-0.15, -0.1) is 0 Å². The largest absolute Gasteiger partial charge is 0.457 e. The van der Waals surface area contributed by atoms with E-state index in [0.717, 1.165) is 6.07 Å². The standard InChI is InChI=1S/C16H13F3NO7P/c17-16(18,19)13-6-5-12(14(7-13)20(22)23)8-27-15(21)11-3-1-10(2-4-11)9-28(24,25)26/h1-7H,8-9H2,(H2,24,25,26). The number of rotatable bonds is 6. The van der Waals surface area contributed by atoms with E-state index in [1.54, 1.807) is 0 Å². The van der Waals surface area contributed by atoms with Gasteiger partial charge in [-0.3, -0.25) is 14.7 Å². The molecular weight excluding hydrogens is 406 g/mol. The predicted octanol–water partition coefficient (Wildman–Crippen LogP) is 3.65. The van der Waals surface area contributed by atoms with Crippen LogP contribution in [0.25, 0.3) is 0 Å². The number of benzene rings is 2. The van der Waals surface area contributed by atoms with Crippen LogP contribution in [0.2, 0.25) is 0 Å². The van der Waals surface area contributed by atoms with E-state index in [-0.39, 0.29) is 16.7 Å². The number of nitrogens with zero attached hydrogens (tertiary/aromatic N) is 1. The number of halogens is 3. The van der Waals surface area contributed by atoms with Crippen molar-refractivity contribution in [2.75, 3.05) is 0 Å². The highest BCUT2D eigenvalue weighted by Gasteiger charge is 2.33. The van der Waals surface area contributed by atoms with Crippen LogP contribution in [0.4, 0.5) is 18.9 Å². The average Bonchev–Trinajstić information content (AvgIpc) is 2.57. The molecule has 0 aliphatic heterocycles. The Morgan fingerprint density at radius 2 is 1.75 bits per heavy atom. The van der Waals surface area contributed by atoms with Crippen molar-refractivity contribution in [2.24, 2.45) is 0 Å². The Hall–Kier alpha value is -2.75. The van der Waals surface area contributed by atoms with Crippen molar-refractivity contribution >= 4 is 19.3 Å². The Balaban J connectivity index is 2.12. The summed E-state index contributed by atoms with van der Waals surface area (Å²) in [6.07, 6.45) is -5.27. The predicted molar refractivity (Wildman–Crippen MR) is 89.4 cm³/mol. The van der Waals surface area contributed by atoms with Gasteiger partial charge in [0.15, 0.2) is 0 Å². The highest BCUT2D eigenvalue weighted by atomic mass is 31.2. The Morgan fingerprint density at radius 1 is 1.14 bits per heavy atom. The minimum Gasteiger partial charge on any atom is -0.457 e. The van der Waals surface area contributed by atoms with Gasteiger partial charge in [-0.25, -0.2) is 4.79 Å². The first-order chi connectivity index (χ1) is 12.9. The summed E-state index contributed by atoms with van der Waals surface area (Å²) in [6, 6.07) is 6.96. The molecule has 0 saturated carbocycles. The molecule has 0 bridgehead atoms. The summed E-state index contributed by atoms with van der Waals surface area (Å²) in [6.45, 7) is -0.627. The van der Waals surface area contributed by atoms with Gasteiger partial charge in [-0.1, -0.05) is 12.1 Å². The zero-order chi connectivity index (χ0) is 21.1. The molecule has 0 amide bonds. The first-order valence-corrected chi connectivity index (χ1v) is 9.32. The molecule has 8 nitrogen and oxygen atoms in total. The number of ether oxygens (including phenoxy) is 1. The van der Waals surface area contributed by atoms with Crippen LogP contribution in [0.3, 0.4) is 0 Å². The molecule has 0 aromatic heterocycles. The molecule has 0 fully saturated rings. The molecule has 28 heavy (non-hydrogen) atoms. The van der Waals surface area contributed by atoms with Gasteiger partial charge in [-0.05, 0) is 29.8 Å². The fraction of sp³-hybridized carbons (Fsp3) is 0.188. The number of alkyl halides is 3. The zero-order valence-electron chi connectivity index (χ0n) is 13.9. The maximum absolute atomic E-state index is 12.7. The van der Waals surface area contributed by atoms with E-state index in [1.807, 2.05) is 0 Å².